The number of rotatable bonds is 6. The lowest BCUT2D eigenvalue weighted by atomic mass is 10.1. The van der Waals surface area contributed by atoms with Crippen molar-refractivity contribution in [2.45, 2.75) is 32.6 Å². The Labute approximate surface area is 189 Å². The summed E-state index contributed by atoms with van der Waals surface area (Å²) in [6, 6.07) is 10.2. The number of methoxy groups -OCH3 is 1. The van der Waals surface area contributed by atoms with Gasteiger partial charge in [-0.2, -0.15) is 13.2 Å². The highest BCUT2D eigenvalue weighted by molar-refractivity contribution is 7.22. The molecule has 5 nitrogen and oxygen atoms in total. The Morgan fingerprint density at radius 1 is 1.16 bits per heavy atom. The number of thiazole rings is 1. The third-order valence-corrected chi connectivity index (χ3v) is 6.79. The van der Waals surface area contributed by atoms with E-state index in [1.54, 1.807) is 7.11 Å². The molecule has 1 aliphatic rings. The minimum atomic E-state index is -4.34. The van der Waals surface area contributed by atoms with E-state index in [2.05, 4.69) is 39.9 Å². The van der Waals surface area contributed by atoms with Crippen LogP contribution in [0.15, 0.2) is 36.4 Å². The number of hydrogen-bond acceptors (Lipinski definition) is 6. The van der Waals surface area contributed by atoms with Crippen molar-refractivity contribution in [2.75, 3.05) is 38.4 Å². The lowest BCUT2D eigenvalue weighted by molar-refractivity contribution is -0.137. The van der Waals surface area contributed by atoms with Crippen LogP contribution in [0.4, 0.5) is 18.3 Å². The molecule has 2 heterocycles. The molecule has 9 heteroatoms. The summed E-state index contributed by atoms with van der Waals surface area (Å²) in [5.41, 5.74) is 2.21. The smallest absolute Gasteiger partial charge is 0.416 e. The predicted octanol–water partition coefficient (Wildman–Crippen LogP) is 5.32. The Morgan fingerprint density at radius 2 is 1.97 bits per heavy atom. The standard InChI is InChI=1S/C23H26F3N3O2S/c1-15-4-5-17(10-20(15)31-14-30-3)13-28-8-9-29(12-16(28)2)22-27-19-7-6-18(23(24,25)26)11-21(19)32-22/h4-7,10-11,16H,8-9,12-14H2,1-3H3. The first-order chi connectivity index (χ1) is 15.2. The van der Waals surface area contributed by atoms with E-state index in [4.69, 9.17) is 9.47 Å². The number of piperazine rings is 1. The van der Waals surface area contributed by atoms with Crippen LogP contribution in [0.25, 0.3) is 10.2 Å². The fraction of sp³-hybridized carbons (Fsp3) is 0.435. The largest absolute Gasteiger partial charge is 0.467 e. The van der Waals surface area contributed by atoms with Crippen molar-refractivity contribution >= 4 is 26.7 Å². The Kier molecular flexibility index (Phi) is 6.60. The van der Waals surface area contributed by atoms with Crippen LogP contribution in [0.3, 0.4) is 0 Å². The minimum absolute atomic E-state index is 0.214. The van der Waals surface area contributed by atoms with E-state index in [0.717, 1.165) is 48.7 Å². The third-order valence-electron chi connectivity index (χ3n) is 5.71. The summed E-state index contributed by atoms with van der Waals surface area (Å²) in [7, 11) is 1.60. The Hall–Kier alpha value is -2.36. The molecule has 1 unspecified atom stereocenters. The SMILES string of the molecule is COCOc1cc(CN2CCN(c3nc4ccc(C(F)(F)F)cc4s3)CC2C)ccc1C. The second-order valence-corrected chi connectivity index (χ2v) is 9.10. The zero-order chi connectivity index (χ0) is 22.9. The number of ether oxygens (including phenoxy) is 2. The van der Waals surface area contributed by atoms with Gasteiger partial charge in [0, 0.05) is 39.3 Å². The maximum Gasteiger partial charge on any atom is 0.416 e. The lowest BCUT2D eigenvalue weighted by Gasteiger charge is -2.39. The summed E-state index contributed by atoms with van der Waals surface area (Å²) < 4.78 is 50.3. The molecule has 172 valence electrons. The van der Waals surface area contributed by atoms with E-state index in [-0.39, 0.29) is 12.8 Å². The molecule has 1 saturated heterocycles. The molecule has 0 amide bonds. The monoisotopic (exact) mass is 465 g/mol. The summed E-state index contributed by atoms with van der Waals surface area (Å²) in [6.07, 6.45) is -4.34. The van der Waals surface area contributed by atoms with Gasteiger partial charge in [0.15, 0.2) is 11.9 Å². The first kappa shape index (κ1) is 22.8. The predicted molar refractivity (Wildman–Crippen MR) is 120 cm³/mol. The van der Waals surface area contributed by atoms with Crippen LogP contribution in [-0.2, 0) is 17.5 Å². The molecule has 0 aliphatic carbocycles. The fourth-order valence-corrected chi connectivity index (χ4v) is 4.92. The maximum atomic E-state index is 13.0. The molecule has 2 aromatic carbocycles. The summed E-state index contributed by atoms with van der Waals surface area (Å²) in [5, 5.41) is 0.774. The van der Waals surface area contributed by atoms with Gasteiger partial charge in [-0.1, -0.05) is 23.5 Å². The van der Waals surface area contributed by atoms with E-state index >= 15 is 0 Å². The normalized spacial score (nSPS) is 17.8. The molecule has 1 aromatic heterocycles. The van der Waals surface area contributed by atoms with Gasteiger partial charge in [-0.25, -0.2) is 4.98 Å². The van der Waals surface area contributed by atoms with Gasteiger partial charge in [0.2, 0.25) is 0 Å². The average molecular weight is 466 g/mol. The first-order valence-corrected chi connectivity index (χ1v) is 11.2. The highest BCUT2D eigenvalue weighted by Gasteiger charge is 2.31. The molecule has 3 aromatic rings. The Balaban J connectivity index is 1.43. The topological polar surface area (TPSA) is 37.8 Å². The zero-order valence-corrected chi connectivity index (χ0v) is 19.1. The van der Waals surface area contributed by atoms with Crippen LogP contribution in [0.1, 0.15) is 23.6 Å². The zero-order valence-electron chi connectivity index (χ0n) is 18.3. The summed E-state index contributed by atoms with van der Waals surface area (Å²) in [4.78, 5) is 9.15. The van der Waals surface area contributed by atoms with E-state index in [9.17, 15) is 13.2 Å². The first-order valence-electron chi connectivity index (χ1n) is 10.4. The number of aromatic nitrogens is 1. The summed E-state index contributed by atoms with van der Waals surface area (Å²) >= 11 is 1.32. The molecule has 32 heavy (non-hydrogen) atoms. The van der Waals surface area contributed by atoms with Gasteiger partial charge >= 0.3 is 6.18 Å². The van der Waals surface area contributed by atoms with Crippen molar-refractivity contribution < 1.29 is 22.6 Å². The maximum absolute atomic E-state index is 13.0. The van der Waals surface area contributed by atoms with Crippen molar-refractivity contribution in [2.24, 2.45) is 0 Å². The van der Waals surface area contributed by atoms with Crippen LogP contribution in [0, 0.1) is 6.92 Å². The highest BCUT2D eigenvalue weighted by atomic mass is 32.1. The van der Waals surface area contributed by atoms with Crippen LogP contribution >= 0.6 is 11.3 Å². The number of anilines is 1. The second kappa shape index (κ2) is 9.25. The summed E-state index contributed by atoms with van der Waals surface area (Å²) in [6.45, 7) is 7.57. The van der Waals surface area contributed by atoms with E-state index < -0.39 is 11.7 Å². The molecule has 0 N–H and O–H groups in total. The number of nitrogens with zero attached hydrogens (tertiary/aromatic N) is 3. The molecule has 1 aliphatic heterocycles. The molecular weight excluding hydrogens is 439 g/mol. The van der Waals surface area contributed by atoms with E-state index in [0.29, 0.717) is 10.2 Å². The van der Waals surface area contributed by atoms with Crippen molar-refractivity contribution in [3.63, 3.8) is 0 Å². The van der Waals surface area contributed by atoms with Crippen LogP contribution in [0.5, 0.6) is 5.75 Å². The van der Waals surface area contributed by atoms with Gasteiger partial charge in [0.25, 0.3) is 0 Å². The number of fused-ring (bicyclic) bond motifs is 1. The third kappa shape index (κ3) is 5.00. The molecule has 0 saturated carbocycles. The number of hydrogen-bond donors (Lipinski definition) is 0. The number of halogens is 3. The van der Waals surface area contributed by atoms with Crippen molar-refractivity contribution in [1.29, 1.82) is 0 Å². The van der Waals surface area contributed by atoms with Crippen LogP contribution in [0.2, 0.25) is 0 Å². The number of aryl methyl sites for hydroxylation is 1. The van der Waals surface area contributed by atoms with Gasteiger partial charge in [0.1, 0.15) is 5.75 Å². The second-order valence-electron chi connectivity index (χ2n) is 8.09. The highest BCUT2D eigenvalue weighted by Crippen LogP contribution is 2.36. The lowest BCUT2D eigenvalue weighted by Crippen LogP contribution is -2.51. The van der Waals surface area contributed by atoms with Gasteiger partial charge in [0.05, 0.1) is 15.8 Å². The molecule has 1 fully saturated rings. The van der Waals surface area contributed by atoms with Crippen LogP contribution < -0.4 is 9.64 Å². The fourth-order valence-electron chi connectivity index (χ4n) is 3.88. The van der Waals surface area contributed by atoms with Crippen molar-refractivity contribution in [3.05, 3.63) is 53.1 Å². The molecule has 0 bridgehead atoms. The Morgan fingerprint density at radius 3 is 2.69 bits per heavy atom. The Bertz CT molecular complexity index is 1090. The van der Waals surface area contributed by atoms with Crippen LogP contribution in [-0.4, -0.2) is 49.5 Å². The molecule has 1 atom stereocenters. The molecule has 4 rings (SSSR count). The molecule has 0 spiro atoms. The quantitative estimate of drug-likeness (QED) is 0.461. The van der Waals surface area contributed by atoms with Gasteiger partial charge in [-0.05, 0) is 49.2 Å². The van der Waals surface area contributed by atoms with Gasteiger partial charge in [-0.3, -0.25) is 4.90 Å². The average Bonchev–Trinajstić information content (AvgIpc) is 3.18. The van der Waals surface area contributed by atoms with Crippen molar-refractivity contribution in [1.82, 2.24) is 9.88 Å². The molecular formula is C23H26F3N3O2S. The molecule has 0 radical (unpaired) electrons. The number of benzene rings is 2. The number of alkyl halides is 3. The van der Waals surface area contributed by atoms with Crippen molar-refractivity contribution in [3.8, 4) is 5.75 Å². The summed E-state index contributed by atoms with van der Waals surface area (Å²) in [5.74, 6) is 0.823. The van der Waals surface area contributed by atoms with E-state index in [1.165, 1.54) is 29.0 Å². The van der Waals surface area contributed by atoms with Gasteiger partial charge in [-0.15, -0.1) is 0 Å². The minimum Gasteiger partial charge on any atom is -0.467 e. The van der Waals surface area contributed by atoms with E-state index in [1.807, 2.05) is 6.92 Å². The van der Waals surface area contributed by atoms with Gasteiger partial charge < -0.3 is 14.4 Å².